The topological polar surface area (TPSA) is 59.5 Å². The molecule has 1 saturated heterocycles. The molecule has 1 unspecified atom stereocenters. The highest BCUT2D eigenvalue weighted by Gasteiger charge is 2.37. The molecule has 128 valence electrons. The Hall–Kier alpha value is -2.06. The van der Waals surface area contributed by atoms with E-state index in [1.807, 2.05) is 13.0 Å². The summed E-state index contributed by atoms with van der Waals surface area (Å²) in [4.78, 5) is 3.28. The lowest BCUT2D eigenvalue weighted by atomic mass is 10.3. The zero-order valence-corrected chi connectivity index (χ0v) is 13.8. The molecule has 0 amide bonds. The van der Waals surface area contributed by atoms with E-state index in [1.165, 1.54) is 0 Å². The molecule has 3 rings (SSSR count). The zero-order valence-electron chi connectivity index (χ0n) is 12.9. The average Bonchev–Trinajstić information content (AvgIpc) is 2.96. The predicted octanol–water partition coefficient (Wildman–Crippen LogP) is 2.51. The summed E-state index contributed by atoms with van der Waals surface area (Å²) in [5.41, 5.74) is 0.781. The van der Waals surface area contributed by atoms with Crippen molar-refractivity contribution < 1.29 is 21.9 Å². The summed E-state index contributed by atoms with van der Waals surface area (Å²) < 4.78 is 59.3. The van der Waals surface area contributed by atoms with E-state index in [2.05, 4.69) is 4.98 Å². The highest BCUT2D eigenvalue weighted by molar-refractivity contribution is 7.89. The van der Waals surface area contributed by atoms with Gasteiger partial charge in [0.05, 0.1) is 6.54 Å². The van der Waals surface area contributed by atoms with E-state index in [4.69, 9.17) is 4.74 Å². The summed E-state index contributed by atoms with van der Waals surface area (Å²) in [5, 5.41) is 0. The maximum absolute atomic E-state index is 13.8. The first-order valence-electron chi connectivity index (χ1n) is 7.42. The first-order valence-corrected chi connectivity index (χ1v) is 8.86. The number of hydrogen-bond donors (Lipinski definition) is 0. The van der Waals surface area contributed by atoms with Crippen LogP contribution in [0, 0.1) is 18.6 Å². The van der Waals surface area contributed by atoms with Crippen LogP contribution in [-0.2, 0) is 10.0 Å². The van der Waals surface area contributed by atoms with Crippen LogP contribution in [0.2, 0.25) is 0 Å². The van der Waals surface area contributed by atoms with Gasteiger partial charge in [-0.05, 0) is 31.5 Å². The summed E-state index contributed by atoms with van der Waals surface area (Å²) >= 11 is 0. The van der Waals surface area contributed by atoms with Crippen molar-refractivity contribution in [3.05, 3.63) is 53.7 Å². The fraction of sp³-hybridized carbons (Fsp3) is 0.312. The minimum absolute atomic E-state index is 0.0196. The molecule has 24 heavy (non-hydrogen) atoms. The monoisotopic (exact) mass is 354 g/mol. The Labute approximate surface area is 138 Å². The van der Waals surface area contributed by atoms with Gasteiger partial charge in [-0.1, -0.05) is 12.1 Å². The van der Waals surface area contributed by atoms with Gasteiger partial charge in [-0.25, -0.2) is 22.2 Å². The van der Waals surface area contributed by atoms with Crippen LogP contribution in [0.3, 0.4) is 0 Å². The second-order valence-corrected chi connectivity index (χ2v) is 7.43. The van der Waals surface area contributed by atoms with Crippen molar-refractivity contribution in [2.45, 2.75) is 24.3 Å². The first kappa shape index (κ1) is 16.8. The third-order valence-electron chi connectivity index (χ3n) is 3.77. The second-order valence-electron chi connectivity index (χ2n) is 5.56. The van der Waals surface area contributed by atoms with Crippen molar-refractivity contribution in [1.82, 2.24) is 9.29 Å². The first-order chi connectivity index (χ1) is 11.4. The molecule has 8 heteroatoms. The molecule has 5 nitrogen and oxygen atoms in total. The van der Waals surface area contributed by atoms with Gasteiger partial charge < -0.3 is 4.74 Å². The number of pyridine rings is 1. The summed E-state index contributed by atoms with van der Waals surface area (Å²) in [6.07, 6.45) is 0.00850. The number of sulfonamides is 1. The summed E-state index contributed by atoms with van der Waals surface area (Å²) in [7, 11) is -4.25. The maximum Gasteiger partial charge on any atom is 0.249 e. The maximum atomic E-state index is 13.8. The van der Waals surface area contributed by atoms with E-state index < -0.39 is 32.7 Å². The normalized spacial score (nSPS) is 18.7. The van der Waals surface area contributed by atoms with Crippen molar-refractivity contribution in [1.29, 1.82) is 0 Å². The molecule has 1 aliphatic rings. The van der Waals surface area contributed by atoms with Crippen molar-refractivity contribution in [2.24, 2.45) is 0 Å². The molecule has 2 aromatic rings. The number of aromatic nitrogens is 1. The lowest BCUT2D eigenvalue weighted by molar-refractivity contribution is 0.206. The number of hydrogen-bond acceptors (Lipinski definition) is 4. The van der Waals surface area contributed by atoms with Gasteiger partial charge in [0.2, 0.25) is 15.9 Å². The third kappa shape index (κ3) is 3.25. The van der Waals surface area contributed by atoms with Crippen LogP contribution in [0.4, 0.5) is 8.78 Å². The molecule has 0 N–H and O–H groups in total. The number of rotatable bonds is 4. The van der Waals surface area contributed by atoms with E-state index in [1.54, 1.807) is 12.1 Å². The van der Waals surface area contributed by atoms with Crippen LogP contribution in [0.25, 0.3) is 0 Å². The molecular formula is C16H16F2N2O3S. The fourth-order valence-corrected chi connectivity index (χ4v) is 4.22. The van der Waals surface area contributed by atoms with Gasteiger partial charge in [-0.2, -0.15) is 4.31 Å². The van der Waals surface area contributed by atoms with Gasteiger partial charge in [-0.15, -0.1) is 0 Å². The van der Waals surface area contributed by atoms with Crippen molar-refractivity contribution in [3.8, 4) is 5.88 Å². The predicted molar refractivity (Wildman–Crippen MR) is 83.1 cm³/mol. The average molecular weight is 354 g/mol. The Morgan fingerprint density at radius 3 is 2.50 bits per heavy atom. The lowest BCUT2D eigenvalue weighted by Crippen LogP contribution is -2.32. The molecule has 0 spiro atoms. The Morgan fingerprint density at radius 2 is 1.83 bits per heavy atom. The van der Waals surface area contributed by atoms with E-state index in [-0.39, 0.29) is 13.1 Å². The standard InChI is InChI=1S/C16H16F2N2O3S/c1-11-4-2-7-15(19-11)23-12-8-9-20(10-12)24(21,22)16-13(17)5-3-6-14(16)18/h2-7,12H,8-10H2,1H3. The highest BCUT2D eigenvalue weighted by Crippen LogP contribution is 2.27. The highest BCUT2D eigenvalue weighted by atomic mass is 32.2. The van der Waals surface area contributed by atoms with Crippen molar-refractivity contribution >= 4 is 10.0 Å². The van der Waals surface area contributed by atoms with Crippen LogP contribution in [0.15, 0.2) is 41.3 Å². The van der Waals surface area contributed by atoms with Gasteiger partial charge >= 0.3 is 0 Å². The summed E-state index contributed by atoms with van der Waals surface area (Å²) in [6.45, 7) is 1.97. The molecule has 1 aromatic carbocycles. The van der Waals surface area contributed by atoms with E-state index in [0.717, 1.165) is 28.2 Å². The molecule has 1 atom stereocenters. The van der Waals surface area contributed by atoms with Crippen LogP contribution in [0.1, 0.15) is 12.1 Å². The molecule has 1 fully saturated rings. The second kappa shape index (κ2) is 6.45. The quantitative estimate of drug-likeness (QED) is 0.847. The van der Waals surface area contributed by atoms with Crippen LogP contribution < -0.4 is 4.74 Å². The van der Waals surface area contributed by atoms with Gasteiger partial charge in [0.1, 0.15) is 17.7 Å². The van der Waals surface area contributed by atoms with Crippen LogP contribution in [-0.4, -0.2) is 36.9 Å². The SMILES string of the molecule is Cc1cccc(OC2CCN(S(=O)(=O)c3c(F)cccc3F)C2)n1. The van der Waals surface area contributed by atoms with Crippen molar-refractivity contribution in [3.63, 3.8) is 0 Å². The van der Waals surface area contributed by atoms with Gasteiger partial charge in [0, 0.05) is 18.3 Å². The number of nitrogens with zero attached hydrogens (tertiary/aromatic N) is 2. The molecule has 1 aliphatic heterocycles. The molecule has 1 aromatic heterocycles. The molecule has 2 heterocycles. The summed E-state index contributed by atoms with van der Waals surface area (Å²) in [5.74, 6) is -1.80. The molecule has 0 saturated carbocycles. The minimum Gasteiger partial charge on any atom is -0.473 e. The number of benzene rings is 1. The van der Waals surface area contributed by atoms with E-state index in [0.29, 0.717) is 12.3 Å². The Kier molecular flexibility index (Phi) is 4.51. The van der Waals surface area contributed by atoms with Gasteiger partial charge in [0.15, 0.2) is 4.90 Å². The molecule has 0 bridgehead atoms. The molecule has 0 aliphatic carbocycles. The Bertz CT molecular complexity index is 838. The Morgan fingerprint density at radius 1 is 1.17 bits per heavy atom. The van der Waals surface area contributed by atoms with Crippen molar-refractivity contribution in [2.75, 3.05) is 13.1 Å². The number of ether oxygens (including phenoxy) is 1. The Balaban J connectivity index is 1.77. The number of aryl methyl sites for hydroxylation is 1. The third-order valence-corrected chi connectivity index (χ3v) is 5.69. The van der Waals surface area contributed by atoms with E-state index >= 15 is 0 Å². The van der Waals surface area contributed by atoms with Crippen LogP contribution >= 0.6 is 0 Å². The fourth-order valence-electron chi connectivity index (χ4n) is 2.62. The largest absolute Gasteiger partial charge is 0.473 e. The van der Waals surface area contributed by atoms with Crippen LogP contribution in [0.5, 0.6) is 5.88 Å². The van der Waals surface area contributed by atoms with E-state index in [9.17, 15) is 17.2 Å². The smallest absolute Gasteiger partial charge is 0.249 e. The lowest BCUT2D eigenvalue weighted by Gasteiger charge is -2.17. The minimum atomic E-state index is -4.25. The molecule has 0 radical (unpaired) electrons. The number of halogens is 2. The zero-order chi connectivity index (χ0) is 17.3. The summed E-state index contributed by atoms with van der Waals surface area (Å²) in [6, 6.07) is 8.27. The van der Waals surface area contributed by atoms with Gasteiger partial charge in [-0.3, -0.25) is 0 Å². The molecular weight excluding hydrogens is 338 g/mol. The van der Waals surface area contributed by atoms with Gasteiger partial charge in [0.25, 0.3) is 0 Å².